The number of benzene rings is 1. The van der Waals surface area contributed by atoms with Crippen LogP contribution in [0.1, 0.15) is 18.5 Å². The average Bonchev–Trinajstić information content (AvgIpc) is 2.31. The molecule has 0 aliphatic carbocycles. The first-order valence-electron chi connectivity index (χ1n) is 5.60. The first-order valence-corrected chi connectivity index (χ1v) is 6.40. The van der Waals surface area contributed by atoms with Crippen LogP contribution in [0.3, 0.4) is 0 Å². The first kappa shape index (κ1) is 12.0. The van der Waals surface area contributed by atoms with Crippen LogP contribution in [0, 0.1) is 0 Å². The molecule has 1 aliphatic rings. The van der Waals surface area contributed by atoms with Gasteiger partial charge in [-0.15, -0.1) is 0 Å². The lowest BCUT2D eigenvalue weighted by molar-refractivity contribution is 0.00479. The molecule has 0 saturated carbocycles. The number of halogens is 1. The maximum atomic E-state index is 5.32. The summed E-state index contributed by atoms with van der Waals surface area (Å²) < 4.78 is 6.48. The van der Waals surface area contributed by atoms with Gasteiger partial charge in [-0.3, -0.25) is 0 Å². The smallest absolute Gasteiger partial charge is 0.0608 e. The van der Waals surface area contributed by atoms with E-state index in [1.54, 1.807) is 0 Å². The number of nitrogens with one attached hydrogen (secondary N) is 1. The Kier molecular flexibility index (Phi) is 4.35. The van der Waals surface area contributed by atoms with Gasteiger partial charge in [0.1, 0.15) is 0 Å². The van der Waals surface area contributed by atoms with Gasteiger partial charge in [0.05, 0.1) is 13.2 Å². The second-order valence-corrected chi connectivity index (χ2v) is 4.83. The van der Waals surface area contributed by atoms with Crippen molar-refractivity contribution in [2.75, 3.05) is 26.3 Å². The number of nitrogens with zero attached hydrogens (tertiary/aromatic N) is 1. The van der Waals surface area contributed by atoms with Crippen molar-refractivity contribution in [1.82, 2.24) is 10.4 Å². The second kappa shape index (κ2) is 5.77. The minimum Gasteiger partial charge on any atom is -0.379 e. The molecule has 16 heavy (non-hydrogen) atoms. The highest BCUT2D eigenvalue weighted by Crippen LogP contribution is 2.22. The van der Waals surface area contributed by atoms with Gasteiger partial charge in [0.2, 0.25) is 0 Å². The normalized spacial score (nSPS) is 19.6. The number of hydrazine groups is 1. The van der Waals surface area contributed by atoms with Crippen molar-refractivity contribution in [3.8, 4) is 0 Å². The summed E-state index contributed by atoms with van der Waals surface area (Å²) in [6.45, 7) is 5.71. The topological polar surface area (TPSA) is 24.5 Å². The molecule has 1 aromatic carbocycles. The summed E-state index contributed by atoms with van der Waals surface area (Å²) in [5, 5.41) is 2.23. The monoisotopic (exact) mass is 284 g/mol. The summed E-state index contributed by atoms with van der Waals surface area (Å²) in [4.78, 5) is 0. The summed E-state index contributed by atoms with van der Waals surface area (Å²) in [5.74, 6) is 0. The van der Waals surface area contributed by atoms with Crippen molar-refractivity contribution in [2.24, 2.45) is 0 Å². The van der Waals surface area contributed by atoms with Crippen LogP contribution in [0.15, 0.2) is 28.7 Å². The molecule has 3 nitrogen and oxygen atoms in total. The van der Waals surface area contributed by atoms with Gasteiger partial charge in [0, 0.05) is 23.6 Å². The lowest BCUT2D eigenvalue weighted by Gasteiger charge is -2.30. The summed E-state index contributed by atoms with van der Waals surface area (Å²) in [7, 11) is 0. The molecule has 0 radical (unpaired) electrons. The molecule has 1 unspecified atom stereocenters. The third-order valence-corrected chi connectivity index (χ3v) is 3.48. The Bertz CT molecular complexity index is 340. The van der Waals surface area contributed by atoms with Crippen LogP contribution in [-0.4, -0.2) is 31.3 Å². The maximum absolute atomic E-state index is 5.32. The van der Waals surface area contributed by atoms with E-state index in [4.69, 9.17) is 4.74 Å². The van der Waals surface area contributed by atoms with Crippen LogP contribution in [0.25, 0.3) is 0 Å². The number of morpholine rings is 1. The fourth-order valence-electron chi connectivity index (χ4n) is 1.86. The third kappa shape index (κ3) is 3.04. The molecule has 1 aromatic rings. The molecule has 4 heteroatoms. The zero-order valence-corrected chi connectivity index (χ0v) is 11.0. The molecule has 2 rings (SSSR count). The molecular weight excluding hydrogens is 268 g/mol. The van der Waals surface area contributed by atoms with E-state index in [0.717, 1.165) is 30.8 Å². The van der Waals surface area contributed by atoms with E-state index in [0.29, 0.717) is 6.04 Å². The van der Waals surface area contributed by atoms with Crippen molar-refractivity contribution in [2.45, 2.75) is 13.0 Å². The zero-order valence-electron chi connectivity index (χ0n) is 9.45. The molecule has 1 N–H and O–H groups in total. The fourth-order valence-corrected chi connectivity index (χ4v) is 2.49. The third-order valence-electron chi connectivity index (χ3n) is 2.76. The van der Waals surface area contributed by atoms with Crippen molar-refractivity contribution in [3.63, 3.8) is 0 Å². The van der Waals surface area contributed by atoms with Crippen LogP contribution in [-0.2, 0) is 4.74 Å². The largest absolute Gasteiger partial charge is 0.379 e. The Morgan fingerprint density at radius 3 is 2.69 bits per heavy atom. The molecule has 1 aliphatic heterocycles. The second-order valence-electron chi connectivity index (χ2n) is 3.97. The van der Waals surface area contributed by atoms with Crippen molar-refractivity contribution < 1.29 is 4.74 Å². The number of rotatable bonds is 3. The van der Waals surface area contributed by atoms with Crippen LogP contribution in [0.5, 0.6) is 0 Å². The highest BCUT2D eigenvalue weighted by molar-refractivity contribution is 9.10. The van der Waals surface area contributed by atoms with Gasteiger partial charge in [-0.25, -0.2) is 10.4 Å². The average molecular weight is 285 g/mol. The van der Waals surface area contributed by atoms with Gasteiger partial charge in [-0.1, -0.05) is 34.1 Å². The van der Waals surface area contributed by atoms with Crippen LogP contribution in [0.4, 0.5) is 0 Å². The fraction of sp³-hybridized carbons (Fsp3) is 0.500. The van der Waals surface area contributed by atoms with E-state index < -0.39 is 0 Å². The molecule has 0 spiro atoms. The molecule has 1 atom stereocenters. The van der Waals surface area contributed by atoms with Gasteiger partial charge in [-0.05, 0) is 18.6 Å². The van der Waals surface area contributed by atoms with E-state index in [2.05, 4.69) is 51.5 Å². The molecular formula is C12H17BrN2O. The molecule has 1 fully saturated rings. The quantitative estimate of drug-likeness (QED) is 0.922. The Morgan fingerprint density at radius 2 is 2.00 bits per heavy atom. The van der Waals surface area contributed by atoms with Crippen LogP contribution < -0.4 is 5.43 Å². The number of hydrogen-bond acceptors (Lipinski definition) is 3. The Labute approximate surface area is 105 Å². The first-order chi connectivity index (χ1) is 7.77. The highest BCUT2D eigenvalue weighted by Gasteiger charge is 2.15. The summed E-state index contributed by atoms with van der Waals surface area (Å²) in [6.07, 6.45) is 0. The summed E-state index contributed by atoms with van der Waals surface area (Å²) in [6, 6.07) is 8.63. The van der Waals surface area contributed by atoms with E-state index in [1.807, 2.05) is 6.07 Å². The van der Waals surface area contributed by atoms with Crippen molar-refractivity contribution >= 4 is 15.9 Å². The highest BCUT2D eigenvalue weighted by atomic mass is 79.9. The minimum atomic E-state index is 0.314. The van der Waals surface area contributed by atoms with Gasteiger partial charge in [0.25, 0.3) is 0 Å². The Balaban J connectivity index is 1.96. The molecule has 1 heterocycles. The maximum Gasteiger partial charge on any atom is 0.0608 e. The van der Waals surface area contributed by atoms with Gasteiger partial charge >= 0.3 is 0 Å². The predicted octanol–water partition coefficient (Wildman–Crippen LogP) is 2.35. The molecule has 0 amide bonds. The number of hydrogen-bond donors (Lipinski definition) is 1. The van der Waals surface area contributed by atoms with Gasteiger partial charge in [0.15, 0.2) is 0 Å². The minimum absolute atomic E-state index is 0.314. The molecule has 1 saturated heterocycles. The van der Waals surface area contributed by atoms with E-state index >= 15 is 0 Å². The van der Waals surface area contributed by atoms with Gasteiger partial charge in [-0.2, -0.15) is 0 Å². The van der Waals surface area contributed by atoms with E-state index in [1.165, 1.54) is 5.56 Å². The SMILES string of the molecule is CC(NN1CCOCC1)c1ccccc1Br. The number of ether oxygens (including phenoxy) is 1. The predicted molar refractivity (Wildman–Crippen MR) is 68.1 cm³/mol. The molecule has 88 valence electrons. The summed E-state index contributed by atoms with van der Waals surface area (Å²) >= 11 is 3.58. The zero-order chi connectivity index (χ0) is 11.4. The van der Waals surface area contributed by atoms with Gasteiger partial charge < -0.3 is 4.74 Å². The van der Waals surface area contributed by atoms with Crippen LogP contribution >= 0.6 is 15.9 Å². The van der Waals surface area contributed by atoms with Crippen molar-refractivity contribution in [1.29, 1.82) is 0 Å². The Morgan fingerprint density at radius 1 is 1.31 bits per heavy atom. The lowest BCUT2D eigenvalue weighted by Crippen LogP contribution is -2.46. The van der Waals surface area contributed by atoms with E-state index in [9.17, 15) is 0 Å². The lowest BCUT2D eigenvalue weighted by atomic mass is 10.1. The van der Waals surface area contributed by atoms with Crippen LogP contribution in [0.2, 0.25) is 0 Å². The van der Waals surface area contributed by atoms with Crippen molar-refractivity contribution in [3.05, 3.63) is 34.3 Å². The van der Waals surface area contributed by atoms with E-state index in [-0.39, 0.29) is 0 Å². The standard InChI is InChI=1S/C12H17BrN2O/c1-10(11-4-2-3-5-12(11)13)14-15-6-8-16-9-7-15/h2-5,10,14H,6-9H2,1H3. The molecule has 0 aromatic heterocycles. The summed E-state index contributed by atoms with van der Waals surface area (Å²) in [5.41, 5.74) is 4.79. The Hall–Kier alpha value is -0.420. The molecule has 0 bridgehead atoms.